The van der Waals surface area contributed by atoms with E-state index in [1.54, 1.807) is 10.8 Å². The number of methoxy groups -OCH3 is 1. The molecule has 0 spiro atoms. The second-order valence-corrected chi connectivity index (χ2v) is 12.9. The first-order chi connectivity index (χ1) is 9.91. The van der Waals surface area contributed by atoms with E-state index in [0.717, 1.165) is 17.7 Å². The minimum Gasteiger partial charge on any atom is -0.496 e. The molecule has 0 bridgehead atoms. The molecule has 1 aromatic rings. The zero-order chi connectivity index (χ0) is 15.2. The molecule has 1 aliphatic heterocycles. The average molecular weight is 304 g/mol. The maximum atomic E-state index is 5.69. The molecule has 2 aliphatic rings. The van der Waals surface area contributed by atoms with Crippen LogP contribution in [0, 0.1) is 5.92 Å². The van der Waals surface area contributed by atoms with Crippen LogP contribution in [0.4, 0.5) is 0 Å². The average Bonchev–Trinajstić information content (AvgIpc) is 2.43. The van der Waals surface area contributed by atoms with E-state index < -0.39 is 8.07 Å². The highest BCUT2D eigenvalue weighted by Crippen LogP contribution is 2.38. The first-order valence-electron chi connectivity index (χ1n) is 8.31. The first-order valence-corrected chi connectivity index (χ1v) is 11.8. The number of benzene rings is 1. The fraction of sp³-hybridized carbons (Fsp3) is 0.667. The standard InChI is InChI=1S/C18H29NOSi/c1-19-10-6-7-13-11-15-14(12-16(13)19)17(20-2)8-9-18(15)21(3,4)5/h8-9,13,16H,6-7,10-12H2,1-5H3. The van der Waals surface area contributed by atoms with Crippen molar-refractivity contribution in [3.05, 3.63) is 23.3 Å². The van der Waals surface area contributed by atoms with Gasteiger partial charge in [-0.1, -0.05) is 30.9 Å². The third-order valence-corrected chi connectivity index (χ3v) is 7.58. The lowest BCUT2D eigenvalue weighted by Crippen LogP contribution is -2.50. The van der Waals surface area contributed by atoms with Gasteiger partial charge in [-0.25, -0.2) is 0 Å². The van der Waals surface area contributed by atoms with Crippen molar-refractivity contribution in [3.8, 4) is 5.75 Å². The van der Waals surface area contributed by atoms with Crippen LogP contribution in [0.3, 0.4) is 0 Å². The largest absolute Gasteiger partial charge is 0.496 e. The Bertz CT molecular complexity index is 535. The number of likely N-dealkylation sites (N-methyl/N-ethyl adjacent to an activating group) is 1. The summed E-state index contributed by atoms with van der Waals surface area (Å²) in [5.41, 5.74) is 3.15. The summed E-state index contributed by atoms with van der Waals surface area (Å²) in [4.78, 5) is 2.58. The molecule has 0 radical (unpaired) electrons. The quantitative estimate of drug-likeness (QED) is 0.779. The van der Waals surface area contributed by atoms with Gasteiger partial charge < -0.3 is 9.64 Å². The molecule has 1 heterocycles. The molecule has 21 heavy (non-hydrogen) atoms. The molecule has 0 N–H and O–H groups in total. The van der Waals surface area contributed by atoms with Crippen molar-refractivity contribution in [3.63, 3.8) is 0 Å². The van der Waals surface area contributed by atoms with Gasteiger partial charge in [0, 0.05) is 6.04 Å². The van der Waals surface area contributed by atoms with Crippen molar-refractivity contribution in [1.82, 2.24) is 4.90 Å². The summed E-state index contributed by atoms with van der Waals surface area (Å²) < 4.78 is 5.69. The Balaban J connectivity index is 2.08. The second-order valence-electron chi connectivity index (χ2n) is 7.88. The number of nitrogens with zero attached hydrogens (tertiary/aromatic N) is 1. The molecule has 2 unspecified atom stereocenters. The predicted molar refractivity (Wildman–Crippen MR) is 92.5 cm³/mol. The summed E-state index contributed by atoms with van der Waals surface area (Å²) in [6, 6.07) is 5.30. The van der Waals surface area contributed by atoms with Crippen molar-refractivity contribution in [1.29, 1.82) is 0 Å². The van der Waals surface area contributed by atoms with Crippen LogP contribution >= 0.6 is 0 Å². The normalized spacial score (nSPS) is 26.1. The molecule has 0 saturated carbocycles. The number of fused-ring (bicyclic) bond motifs is 2. The van der Waals surface area contributed by atoms with Gasteiger partial charge in [0.2, 0.25) is 0 Å². The summed E-state index contributed by atoms with van der Waals surface area (Å²) in [6.07, 6.45) is 5.20. The lowest BCUT2D eigenvalue weighted by molar-refractivity contribution is 0.112. The molecular weight excluding hydrogens is 274 g/mol. The molecule has 116 valence electrons. The van der Waals surface area contributed by atoms with Gasteiger partial charge in [-0.3, -0.25) is 0 Å². The van der Waals surface area contributed by atoms with Gasteiger partial charge in [0.1, 0.15) is 5.75 Å². The Kier molecular flexibility index (Phi) is 3.91. The Hall–Kier alpha value is -0.803. The molecular formula is C18H29NOSi. The molecule has 1 fully saturated rings. The summed E-state index contributed by atoms with van der Waals surface area (Å²) in [5.74, 6) is 1.96. The number of ether oxygens (including phenoxy) is 1. The van der Waals surface area contributed by atoms with Gasteiger partial charge in [0.25, 0.3) is 0 Å². The number of rotatable bonds is 2. The number of piperidine rings is 1. The van der Waals surface area contributed by atoms with E-state index in [0.29, 0.717) is 0 Å². The van der Waals surface area contributed by atoms with E-state index in [1.807, 2.05) is 7.11 Å². The van der Waals surface area contributed by atoms with Crippen molar-refractivity contribution in [2.75, 3.05) is 20.7 Å². The third-order valence-electron chi connectivity index (χ3n) is 5.49. The number of hydrogen-bond donors (Lipinski definition) is 0. The van der Waals surface area contributed by atoms with Gasteiger partial charge in [0.15, 0.2) is 0 Å². The van der Waals surface area contributed by atoms with Gasteiger partial charge in [0.05, 0.1) is 15.2 Å². The summed E-state index contributed by atoms with van der Waals surface area (Å²) in [7, 11) is 2.83. The molecule has 3 heteroatoms. The maximum absolute atomic E-state index is 5.69. The molecule has 0 amide bonds. The first kappa shape index (κ1) is 15.1. The Morgan fingerprint density at radius 1 is 1.14 bits per heavy atom. The van der Waals surface area contributed by atoms with Crippen LogP contribution in [0.5, 0.6) is 5.75 Å². The van der Waals surface area contributed by atoms with Gasteiger partial charge in [-0.05, 0) is 62.4 Å². The van der Waals surface area contributed by atoms with Crippen LogP contribution < -0.4 is 9.92 Å². The van der Waals surface area contributed by atoms with Crippen molar-refractivity contribution in [2.45, 2.75) is 51.4 Å². The Morgan fingerprint density at radius 2 is 1.90 bits per heavy atom. The topological polar surface area (TPSA) is 12.5 Å². The van der Waals surface area contributed by atoms with Crippen molar-refractivity contribution >= 4 is 13.3 Å². The Labute approximate surface area is 130 Å². The van der Waals surface area contributed by atoms with E-state index in [4.69, 9.17) is 4.74 Å². The molecule has 0 aromatic heterocycles. The smallest absolute Gasteiger partial charge is 0.122 e. The summed E-state index contributed by atoms with van der Waals surface area (Å²) >= 11 is 0. The van der Waals surface area contributed by atoms with E-state index in [-0.39, 0.29) is 0 Å². The van der Waals surface area contributed by atoms with Crippen molar-refractivity contribution < 1.29 is 4.74 Å². The van der Waals surface area contributed by atoms with Crippen LogP contribution in [0.15, 0.2) is 12.1 Å². The highest BCUT2D eigenvalue weighted by atomic mass is 28.3. The molecule has 2 nitrogen and oxygen atoms in total. The van der Waals surface area contributed by atoms with Crippen LogP contribution in [0.25, 0.3) is 0 Å². The summed E-state index contributed by atoms with van der Waals surface area (Å²) in [5, 5.41) is 1.66. The van der Waals surface area contributed by atoms with Crippen molar-refractivity contribution in [2.24, 2.45) is 5.92 Å². The Morgan fingerprint density at radius 3 is 2.57 bits per heavy atom. The maximum Gasteiger partial charge on any atom is 0.122 e. The van der Waals surface area contributed by atoms with Crippen LogP contribution in [0.2, 0.25) is 19.6 Å². The molecule has 1 saturated heterocycles. The van der Waals surface area contributed by atoms with Crippen LogP contribution in [0.1, 0.15) is 24.0 Å². The number of likely N-dealkylation sites (tertiary alicyclic amines) is 1. The SMILES string of the molecule is COc1ccc([Si](C)(C)C)c2c1CC1C(CCCN1C)C2. The zero-order valence-corrected chi connectivity index (χ0v) is 15.2. The highest BCUT2D eigenvalue weighted by molar-refractivity contribution is 6.89. The van der Waals surface area contributed by atoms with Gasteiger partial charge in [-0.2, -0.15) is 0 Å². The summed E-state index contributed by atoms with van der Waals surface area (Å²) in [6.45, 7) is 8.66. The highest BCUT2D eigenvalue weighted by Gasteiger charge is 2.37. The fourth-order valence-electron chi connectivity index (χ4n) is 4.38. The second kappa shape index (κ2) is 5.44. The fourth-order valence-corrected chi connectivity index (χ4v) is 6.12. The zero-order valence-electron chi connectivity index (χ0n) is 14.2. The minimum absolute atomic E-state index is 0.719. The van der Waals surface area contributed by atoms with E-state index in [1.165, 1.54) is 37.8 Å². The lowest BCUT2D eigenvalue weighted by atomic mass is 9.75. The van der Waals surface area contributed by atoms with Crippen LogP contribution in [-0.2, 0) is 12.8 Å². The molecule has 1 aromatic carbocycles. The minimum atomic E-state index is -1.29. The van der Waals surface area contributed by atoms with E-state index in [9.17, 15) is 0 Å². The lowest BCUT2D eigenvalue weighted by Gasteiger charge is -2.44. The third kappa shape index (κ3) is 2.66. The molecule has 3 rings (SSSR count). The van der Waals surface area contributed by atoms with E-state index >= 15 is 0 Å². The monoisotopic (exact) mass is 303 g/mol. The van der Waals surface area contributed by atoms with E-state index in [2.05, 4.69) is 43.7 Å². The van der Waals surface area contributed by atoms with Crippen LogP contribution in [-0.4, -0.2) is 39.7 Å². The number of hydrogen-bond acceptors (Lipinski definition) is 2. The predicted octanol–water partition coefficient (Wildman–Crippen LogP) is 3.05. The van der Waals surface area contributed by atoms with Gasteiger partial charge in [-0.15, -0.1) is 0 Å². The molecule has 1 aliphatic carbocycles. The van der Waals surface area contributed by atoms with Gasteiger partial charge >= 0.3 is 0 Å². The molecule has 2 atom stereocenters.